The van der Waals surface area contributed by atoms with Gasteiger partial charge in [-0.2, -0.15) is 0 Å². The van der Waals surface area contributed by atoms with Crippen molar-refractivity contribution in [2.75, 3.05) is 25.4 Å². The van der Waals surface area contributed by atoms with Crippen molar-refractivity contribution < 1.29 is 14.3 Å². The first kappa shape index (κ1) is 23.3. The Balaban J connectivity index is 1.46. The molecule has 9 heteroatoms. The van der Waals surface area contributed by atoms with Crippen molar-refractivity contribution in [2.45, 2.75) is 64.6 Å². The van der Waals surface area contributed by atoms with E-state index in [4.69, 9.17) is 9.72 Å². The second kappa shape index (κ2) is 9.95. The molecule has 0 spiro atoms. The minimum absolute atomic E-state index is 0.0219. The molecule has 1 aliphatic carbocycles. The van der Waals surface area contributed by atoms with Crippen LogP contribution in [0.3, 0.4) is 0 Å². The van der Waals surface area contributed by atoms with Crippen LogP contribution in [0.1, 0.15) is 50.5 Å². The average molecular weight is 478 g/mol. The van der Waals surface area contributed by atoms with E-state index in [2.05, 4.69) is 6.92 Å². The number of nitrogens with zero attached hydrogens (tertiary/aromatic N) is 3. The van der Waals surface area contributed by atoms with Gasteiger partial charge in [0.15, 0.2) is 5.16 Å². The molecule has 0 saturated carbocycles. The molecule has 2 aliphatic rings. The molecule has 0 bridgehead atoms. The molecular weight excluding hydrogens is 446 g/mol. The average Bonchev–Trinajstić information content (AvgIpc) is 3.15. The van der Waals surface area contributed by atoms with Crippen LogP contribution in [0.25, 0.3) is 10.2 Å². The first-order chi connectivity index (χ1) is 15.4. The lowest BCUT2D eigenvalue weighted by Gasteiger charge is -2.30. The van der Waals surface area contributed by atoms with Crippen LogP contribution in [0.2, 0.25) is 0 Å². The number of aromatic nitrogens is 2. The van der Waals surface area contributed by atoms with Crippen LogP contribution in [0.15, 0.2) is 9.95 Å². The Bertz CT molecular complexity index is 1070. The van der Waals surface area contributed by atoms with Gasteiger partial charge >= 0.3 is 5.97 Å². The fraction of sp³-hybridized carbons (Fsp3) is 0.652. The number of likely N-dealkylation sites (tertiary alicyclic amines) is 1. The molecular formula is C23H31N3O4S2. The molecule has 2 aromatic heterocycles. The maximum atomic E-state index is 13.3. The van der Waals surface area contributed by atoms with E-state index < -0.39 is 0 Å². The first-order valence-electron chi connectivity index (χ1n) is 11.5. The largest absolute Gasteiger partial charge is 0.466 e. The van der Waals surface area contributed by atoms with E-state index in [-0.39, 0.29) is 29.1 Å². The number of aryl methyl sites for hydroxylation is 1. The van der Waals surface area contributed by atoms with Crippen LogP contribution in [-0.4, -0.2) is 51.8 Å². The van der Waals surface area contributed by atoms with Gasteiger partial charge in [-0.05, 0) is 57.4 Å². The number of esters is 1. The summed E-state index contributed by atoms with van der Waals surface area (Å²) in [6.45, 7) is 8.05. The van der Waals surface area contributed by atoms with Gasteiger partial charge in [0.1, 0.15) is 4.83 Å². The van der Waals surface area contributed by atoms with Crippen LogP contribution in [0, 0.1) is 11.8 Å². The maximum absolute atomic E-state index is 13.3. The van der Waals surface area contributed by atoms with Crippen molar-refractivity contribution in [3.05, 3.63) is 20.8 Å². The zero-order chi connectivity index (χ0) is 22.8. The highest BCUT2D eigenvalue weighted by Crippen LogP contribution is 2.36. The SMILES string of the molecule is CCOC(=O)C1CCN(C(=O)CSc2nc3sc4c(c3c(=O)n2CC)CC[C@H](C)C4)CC1. The quantitative estimate of drug-likeness (QED) is 0.360. The topological polar surface area (TPSA) is 81.5 Å². The number of fused-ring (bicyclic) bond motifs is 3. The molecule has 0 unspecified atom stereocenters. The minimum Gasteiger partial charge on any atom is -0.466 e. The summed E-state index contributed by atoms with van der Waals surface area (Å²) in [5, 5.41) is 1.40. The summed E-state index contributed by atoms with van der Waals surface area (Å²) in [4.78, 5) is 46.7. The molecule has 1 saturated heterocycles. The fourth-order valence-electron chi connectivity index (χ4n) is 4.64. The molecule has 7 nitrogen and oxygen atoms in total. The number of amides is 1. The lowest BCUT2D eigenvalue weighted by Crippen LogP contribution is -2.41. The van der Waals surface area contributed by atoms with Crippen molar-refractivity contribution in [1.82, 2.24) is 14.5 Å². The Kier molecular flexibility index (Phi) is 7.24. The summed E-state index contributed by atoms with van der Waals surface area (Å²) in [5.74, 6) is 0.626. The van der Waals surface area contributed by atoms with Crippen molar-refractivity contribution in [3.63, 3.8) is 0 Å². The molecule has 2 aromatic rings. The highest BCUT2D eigenvalue weighted by molar-refractivity contribution is 7.99. The number of piperidine rings is 1. The summed E-state index contributed by atoms with van der Waals surface area (Å²) in [6.07, 6.45) is 4.35. The maximum Gasteiger partial charge on any atom is 0.309 e. The smallest absolute Gasteiger partial charge is 0.309 e. The number of carbonyl (C=O) groups is 2. The highest BCUT2D eigenvalue weighted by atomic mass is 32.2. The third kappa shape index (κ3) is 4.59. The van der Waals surface area contributed by atoms with Gasteiger partial charge in [0.05, 0.1) is 23.7 Å². The number of carbonyl (C=O) groups excluding carboxylic acids is 2. The number of hydrogen-bond donors (Lipinski definition) is 0. The zero-order valence-electron chi connectivity index (χ0n) is 19.0. The van der Waals surface area contributed by atoms with E-state index in [9.17, 15) is 14.4 Å². The van der Waals surface area contributed by atoms with Gasteiger partial charge in [-0.1, -0.05) is 18.7 Å². The predicted molar refractivity (Wildman–Crippen MR) is 127 cm³/mol. The standard InChI is InChI=1S/C23H31N3O4S2/c1-4-26-21(28)19-16-7-6-14(3)12-17(16)32-20(19)24-23(26)31-13-18(27)25-10-8-15(9-11-25)22(29)30-5-2/h14-15H,4-13H2,1-3H3/t14-/m0/s1. The second-order valence-corrected chi connectivity index (χ2v) is 10.7. The van der Waals surface area contributed by atoms with Crippen molar-refractivity contribution >= 4 is 45.2 Å². The first-order valence-corrected chi connectivity index (χ1v) is 13.3. The van der Waals surface area contributed by atoms with Gasteiger partial charge < -0.3 is 9.64 Å². The Morgan fingerprint density at radius 1 is 1.22 bits per heavy atom. The van der Waals surface area contributed by atoms with E-state index in [1.807, 2.05) is 6.92 Å². The number of thioether (sulfide) groups is 1. The molecule has 174 valence electrons. The summed E-state index contributed by atoms with van der Waals surface area (Å²) in [5.41, 5.74) is 1.22. The zero-order valence-corrected chi connectivity index (χ0v) is 20.6. The number of thiophene rings is 1. The molecule has 32 heavy (non-hydrogen) atoms. The lowest BCUT2D eigenvalue weighted by molar-refractivity contribution is -0.151. The van der Waals surface area contributed by atoms with Crippen molar-refractivity contribution in [3.8, 4) is 0 Å². The summed E-state index contributed by atoms with van der Waals surface area (Å²) < 4.78 is 6.81. The molecule has 0 radical (unpaired) electrons. The Labute approximate surface area is 196 Å². The molecule has 1 fully saturated rings. The summed E-state index contributed by atoms with van der Waals surface area (Å²) in [6, 6.07) is 0. The lowest BCUT2D eigenvalue weighted by atomic mass is 9.89. The third-order valence-electron chi connectivity index (χ3n) is 6.49. The van der Waals surface area contributed by atoms with Crippen LogP contribution >= 0.6 is 23.1 Å². The highest BCUT2D eigenvalue weighted by Gasteiger charge is 2.29. The van der Waals surface area contributed by atoms with Gasteiger partial charge in [0.2, 0.25) is 5.91 Å². The van der Waals surface area contributed by atoms with Gasteiger partial charge in [0, 0.05) is 24.5 Å². The number of hydrogen-bond acceptors (Lipinski definition) is 7. The summed E-state index contributed by atoms with van der Waals surface area (Å²) >= 11 is 2.98. The van der Waals surface area contributed by atoms with Crippen molar-refractivity contribution in [1.29, 1.82) is 0 Å². The molecule has 0 aromatic carbocycles. The monoisotopic (exact) mass is 477 g/mol. The van der Waals surface area contributed by atoms with Gasteiger partial charge in [-0.15, -0.1) is 11.3 Å². The predicted octanol–water partition coefficient (Wildman–Crippen LogP) is 3.50. The Morgan fingerprint density at radius 3 is 2.66 bits per heavy atom. The Morgan fingerprint density at radius 2 is 1.97 bits per heavy atom. The van der Waals surface area contributed by atoms with Gasteiger partial charge in [-0.3, -0.25) is 19.0 Å². The van der Waals surface area contributed by atoms with E-state index in [1.54, 1.807) is 27.7 Å². The molecule has 1 amide bonds. The fourth-order valence-corrected chi connectivity index (χ4v) is 7.03. The minimum atomic E-state index is -0.161. The second-order valence-electron chi connectivity index (χ2n) is 8.67. The van der Waals surface area contributed by atoms with E-state index in [0.29, 0.717) is 50.2 Å². The molecule has 0 N–H and O–H groups in total. The summed E-state index contributed by atoms with van der Waals surface area (Å²) in [7, 11) is 0. The van der Waals surface area contributed by atoms with E-state index >= 15 is 0 Å². The van der Waals surface area contributed by atoms with Crippen LogP contribution < -0.4 is 5.56 Å². The Hall–Kier alpha value is -1.87. The van der Waals surface area contributed by atoms with E-state index in [0.717, 1.165) is 29.5 Å². The number of rotatable bonds is 6. The number of ether oxygens (including phenoxy) is 1. The molecule has 1 atom stereocenters. The van der Waals surface area contributed by atoms with E-state index in [1.165, 1.54) is 22.2 Å². The van der Waals surface area contributed by atoms with Crippen molar-refractivity contribution in [2.24, 2.45) is 11.8 Å². The van der Waals surface area contributed by atoms with Gasteiger partial charge in [-0.25, -0.2) is 4.98 Å². The van der Waals surface area contributed by atoms with Crippen LogP contribution in [-0.2, 0) is 33.7 Å². The molecule has 3 heterocycles. The molecule has 1 aliphatic heterocycles. The normalized spacial score (nSPS) is 19.2. The van der Waals surface area contributed by atoms with Crippen LogP contribution in [0.4, 0.5) is 0 Å². The van der Waals surface area contributed by atoms with Gasteiger partial charge in [0.25, 0.3) is 5.56 Å². The molecule has 4 rings (SSSR count). The third-order valence-corrected chi connectivity index (χ3v) is 8.60. The van der Waals surface area contributed by atoms with Crippen LogP contribution in [0.5, 0.6) is 0 Å².